The van der Waals surface area contributed by atoms with Crippen molar-refractivity contribution in [3.05, 3.63) is 17.3 Å². The second kappa shape index (κ2) is 6.64. The highest BCUT2D eigenvalue weighted by Gasteiger charge is 2.19. The molecule has 0 amide bonds. The average Bonchev–Trinajstić information content (AvgIpc) is 2.37. The third-order valence-electron chi connectivity index (χ3n) is 2.13. The summed E-state index contributed by atoms with van der Waals surface area (Å²) in [6.45, 7) is -0.0109. The van der Waals surface area contributed by atoms with E-state index in [9.17, 15) is 13.2 Å². The number of carbonyl (C=O) groups excluding carboxylic acids is 1. The minimum Gasteiger partial charge on any atom is -0.469 e. The molecule has 1 rings (SSSR count). The SMILES string of the molecule is COC(=O)CCN(C)S(=O)(=O)Nc1ccc(Cl)nn1. The molecule has 8 nitrogen and oxygen atoms in total. The van der Waals surface area contributed by atoms with E-state index in [4.69, 9.17) is 11.6 Å². The first-order chi connectivity index (χ1) is 8.85. The lowest BCUT2D eigenvalue weighted by molar-refractivity contribution is -0.140. The molecule has 10 heteroatoms. The van der Waals surface area contributed by atoms with Gasteiger partial charge in [0.25, 0.3) is 0 Å². The molecular weight excluding hydrogens is 296 g/mol. The summed E-state index contributed by atoms with van der Waals surface area (Å²) in [5.74, 6) is -0.456. The smallest absolute Gasteiger partial charge is 0.306 e. The summed E-state index contributed by atoms with van der Waals surface area (Å²) in [4.78, 5) is 10.9. The molecule has 1 heterocycles. The van der Waals surface area contributed by atoms with Crippen LogP contribution in [-0.4, -0.2) is 49.6 Å². The maximum absolute atomic E-state index is 11.8. The summed E-state index contributed by atoms with van der Waals surface area (Å²) < 4.78 is 31.3. The van der Waals surface area contributed by atoms with Crippen LogP contribution in [0.4, 0.5) is 5.82 Å². The fraction of sp³-hybridized carbons (Fsp3) is 0.444. The van der Waals surface area contributed by atoms with Crippen LogP contribution in [0.5, 0.6) is 0 Å². The average molecular weight is 309 g/mol. The van der Waals surface area contributed by atoms with Gasteiger partial charge in [-0.1, -0.05) is 11.6 Å². The van der Waals surface area contributed by atoms with Crippen LogP contribution in [0.25, 0.3) is 0 Å². The molecular formula is C9H13ClN4O4S. The molecule has 1 N–H and O–H groups in total. The van der Waals surface area contributed by atoms with Crippen LogP contribution in [0.2, 0.25) is 5.15 Å². The van der Waals surface area contributed by atoms with Crippen LogP contribution >= 0.6 is 11.6 Å². The van der Waals surface area contributed by atoms with Gasteiger partial charge in [0.2, 0.25) is 0 Å². The van der Waals surface area contributed by atoms with E-state index in [0.29, 0.717) is 0 Å². The van der Waals surface area contributed by atoms with Gasteiger partial charge in [0.1, 0.15) is 0 Å². The zero-order valence-corrected chi connectivity index (χ0v) is 11.9. The molecule has 1 aromatic rings. The molecule has 0 bridgehead atoms. The highest BCUT2D eigenvalue weighted by atomic mass is 35.5. The molecule has 0 saturated carbocycles. The predicted molar refractivity (Wildman–Crippen MR) is 68.8 cm³/mol. The molecule has 0 aliphatic rings. The molecule has 106 valence electrons. The number of hydrogen-bond donors (Lipinski definition) is 1. The maximum atomic E-state index is 11.8. The Morgan fingerprint density at radius 3 is 2.68 bits per heavy atom. The fourth-order valence-electron chi connectivity index (χ4n) is 1.05. The van der Waals surface area contributed by atoms with Gasteiger partial charge in [0, 0.05) is 13.6 Å². The van der Waals surface area contributed by atoms with Crippen LogP contribution in [0.3, 0.4) is 0 Å². The van der Waals surface area contributed by atoms with E-state index >= 15 is 0 Å². The first kappa shape index (κ1) is 15.6. The Hall–Kier alpha value is -1.45. The summed E-state index contributed by atoms with van der Waals surface area (Å²) in [5, 5.41) is 7.23. The van der Waals surface area contributed by atoms with E-state index in [-0.39, 0.29) is 23.9 Å². The number of rotatable bonds is 6. The second-order valence-electron chi connectivity index (χ2n) is 3.50. The normalized spacial score (nSPS) is 11.4. The Labute approximate surface area is 115 Å². The number of anilines is 1. The molecule has 0 aliphatic heterocycles. The van der Waals surface area contributed by atoms with Crippen molar-refractivity contribution >= 4 is 33.6 Å². The van der Waals surface area contributed by atoms with E-state index in [1.54, 1.807) is 0 Å². The van der Waals surface area contributed by atoms with Crippen LogP contribution in [0, 0.1) is 0 Å². The van der Waals surface area contributed by atoms with E-state index in [2.05, 4.69) is 19.7 Å². The van der Waals surface area contributed by atoms with Gasteiger partial charge in [-0.2, -0.15) is 12.7 Å². The van der Waals surface area contributed by atoms with Gasteiger partial charge in [-0.15, -0.1) is 10.2 Å². The zero-order valence-electron chi connectivity index (χ0n) is 10.3. The van der Waals surface area contributed by atoms with Crippen molar-refractivity contribution in [3.8, 4) is 0 Å². The Morgan fingerprint density at radius 2 is 2.16 bits per heavy atom. The first-order valence-corrected chi connectivity index (χ1v) is 6.97. The van der Waals surface area contributed by atoms with Gasteiger partial charge >= 0.3 is 16.2 Å². The van der Waals surface area contributed by atoms with Crippen molar-refractivity contribution in [1.29, 1.82) is 0 Å². The molecule has 19 heavy (non-hydrogen) atoms. The van der Waals surface area contributed by atoms with Gasteiger partial charge in [0.05, 0.1) is 13.5 Å². The van der Waals surface area contributed by atoms with E-state index in [1.807, 2.05) is 0 Å². The fourth-order valence-corrected chi connectivity index (χ4v) is 2.01. The Bertz CT molecular complexity index is 534. The number of esters is 1. The largest absolute Gasteiger partial charge is 0.469 e. The second-order valence-corrected chi connectivity index (χ2v) is 5.66. The molecule has 0 aromatic carbocycles. The maximum Gasteiger partial charge on any atom is 0.306 e. The van der Waals surface area contributed by atoms with Crippen molar-refractivity contribution in [3.63, 3.8) is 0 Å². The minimum absolute atomic E-state index is 0.0109. The van der Waals surface area contributed by atoms with Gasteiger partial charge in [-0.3, -0.25) is 9.52 Å². The van der Waals surface area contributed by atoms with Crippen LogP contribution < -0.4 is 4.72 Å². The quantitative estimate of drug-likeness (QED) is 0.757. The number of hydrogen-bond acceptors (Lipinski definition) is 6. The van der Waals surface area contributed by atoms with Crippen molar-refractivity contribution in [2.24, 2.45) is 0 Å². The summed E-state index contributed by atoms with van der Waals surface area (Å²) >= 11 is 5.53. The summed E-state index contributed by atoms with van der Waals surface area (Å²) in [6, 6.07) is 2.78. The molecule has 0 saturated heterocycles. The minimum atomic E-state index is -3.80. The lowest BCUT2D eigenvalue weighted by Gasteiger charge is -2.16. The Balaban J connectivity index is 2.64. The number of nitrogens with one attached hydrogen (secondary N) is 1. The topological polar surface area (TPSA) is 101 Å². The first-order valence-electron chi connectivity index (χ1n) is 5.15. The van der Waals surface area contributed by atoms with Gasteiger partial charge in [-0.25, -0.2) is 0 Å². The molecule has 0 atom stereocenters. The third-order valence-corrected chi connectivity index (χ3v) is 3.81. The summed E-state index contributed by atoms with van der Waals surface area (Å²) in [5.41, 5.74) is 0. The number of halogens is 1. The number of carbonyl (C=O) groups is 1. The van der Waals surface area contributed by atoms with Crippen molar-refractivity contribution < 1.29 is 17.9 Å². The number of ether oxygens (including phenoxy) is 1. The molecule has 0 fully saturated rings. The van der Waals surface area contributed by atoms with Gasteiger partial charge in [0.15, 0.2) is 11.0 Å². The lowest BCUT2D eigenvalue weighted by Crippen LogP contribution is -2.34. The van der Waals surface area contributed by atoms with Crippen LogP contribution in [0.15, 0.2) is 12.1 Å². The van der Waals surface area contributed by atoms with Crippen molar-refractivity contribution in [2.45, 2.75) is 6.42 Å². The lowest BCUT2D eigenvalue weighted by atomic mass is 10.4. The van der Waals surface area contributed by atoms with Crippen molar-refractivity contribution in [1.82, 2.24) is 14.5 Å². The molecule has 0 radical (unpaired) electrons. The monoisotopic (exact) mass is 308 g/mol. The molecule has 1 aromatic heterocycles. The Morgan fingerprint density at radius 1 is 1.47 bits per heavy atom. The van der Waals surface area contributed by atoms with Crippen LogP contribution in [-0.2, 0) is 19.7 Å². The molecule has 0 spiro atoms. The Kier molecular flexibility index (Phi) is 5.45. The number of aromatic nitrogens is 2. The predicted octanol–water partition coefficient (Wildman–Crippen LogP) is 0.282. The van der Waals surface area contributed by atoms with Gasteiger partial charge in [-0.05, 0) is 12.1 Å². The number of nitrogens with zero attached hydrogens (tertiary/aromatic N) is 3. The third kappa shape index (κ3) is 4.97. The van der Waals surface area contributed by atoms with E-state index < -0.39 is 16.2 Å². The highest BCUT2D eigenvalue weighted by molar-refractivity contribution is 7.90. The molecule has 0 unspecified atom stereocenters. The van der Waals surface area contributed by atoms with Crippen molar-refractivity contribution in [2.75, 3.05) is 25.4 Å². The number of methoxy groups -OCH3 is 1. The summed E-state index contributed by atoms with van der Waals surface area (Å²) in [6.07, 6.45) is -0.0415. The van der Waals surface area contributed by atoms with Crippen LogP contribution in [0.1, 0.15) is 6.42 Å². The standard InChI is InChI=1S/C9H13ClN4O4S/c1-14(6-5-9(15)18-2)19(16,17)13-8-4-3-7(10)11-12-8/h3-4H,5-6H2,1-2H3,(H,12,13). The highest BCUT2D eigenvalue weighted by Crippen LogP contribution is 2.09. The molecule has 0 aliphatic carbocycles. The zero-order chi connectivity index (χ0) is 14.5. The van der Waals surface area contributed by atoms with E-state index in [0.717, 1.165) is 4.31 Å². The van der Waals surface area contributed by atoms with Gasteiger partial charge < -0.3 is 4.74 Å². The van der Waals surface area contributed by atoms with E-state index in [1.165, 1.54) is 26.3 Å². The summed E-state index contributed by atoms with van der Waals surface area (Å²) in [7, 11) is -1.24.